The normalized spacial score (nSPS) is 12.4. The van der Waals surface area contributed by atoms with Gasteiger partial charge in [-0.1, -0.05) is 0 Å². The van der Waals surface area contributed by atoms with Gasteiger partial charge in [0.15, 0.2) is 10.8 Å². The topological polar surface area (TPSA) is 75.1 Å². The van der Waals surface area contributed by atoms with Crippen LogP contribution in [0.15, 0.2) is 6.20 Å². The monoisotopic (exact) mass is 283 g/mol. The molecule has 5 nitrogen and oxygen atoms in total. The summed E-state index contributed by atoms with van der Waals surface area (Å²) >= 11 is 2.97. The summed E-state index contributed by atoms with van der Waals surface area (Å²) in [6.45, 7) is 5.74. The lowest BCUT2D eigenvalue weighted by molar-refractivity contribution is 0.0690. The van der Waals surface area contributed by atoms with Crippen molar-refractivity contribution >= 4 is 33.8 Å². The highest BCUT2D eigenvalue weighted by atomic mass is 32.1. The van der Waals surface area contributed by atoms with Crippen LogP contribution in [0.4, 0.5) is 5.13 Å². The first-order valence-corrected chi connectivity index (χ1v) is 7.00. The molecule has 2 aromatic rings. The summed E-state index contributed by atoms with van der Waals surface area (Å²) in [4.78, 5) is 21.1. The summed E-state index contributed by atoms with van der Waals surface area (Å²) in [6, 6.07) is 0.0240. The molecule has 0 aromatic carbocycles. The van der Waals surface area contributed by atoms with Crippen LogP contribution in [0.5, 0.6) is 0 Å². The Morgan fingerprint density at radius 2 is 2.17 bits per heavy atom. The van der Waals surface area contributed by atoms with Crippen LogP contribution in [0.1, 0.15) is 38.2 Å². The fraction of sp³-hybridized carbons (Fsp3) is 0.364. The molecule has 0 fully saturated rings. The zero-order valence-corrected chi connectivity index (χ0v) is 11.9. The standard InChI is InChI=1S/C11H13N3O2S2/c1-5-4-12-9(17-5)6(2)13-11-14-8(10(15)16)7(3)18-11/h4,6H,1-3H3,(H,13,14)(H,15,16). The smallest absolute Gasteiger partial charge is 0.355 e. The van der Waals surface area contributed by atoms with Crippen LogP contribution in [0.25, 0.3) is 0 Å². The van der Waals surface area contributed by atoms with Gasteiger partial charge < -0.3 is 10.4 Å². The molecule has 0 aliphatic rings. The maximum Gasteiger partial charge on any atom is 0.355 e. The van der Waals surface area contributed by atoms with Crippen molar-refractivity contribution in [1.29, 1.82) is 0 Å². The van der Waals surface area contributed by atoms with E-state index in [-0.39, 0.29) is 11.7 Å². The number of aryl methyl sites for hydroxylation is 2. The Morgan fingerprint density at radius 1 is 1.44 bits per heavy atom. The van der Waals surface area contributed by atoms with E-state index in [9.17, 15) is 4.79 Å². The number of aromatic carboxylic acids is 1. The summed E-state index contributed by atoms with van der Waals surface area (Å²) in [5.41, 5.74) is 0.116. The highest BCUT2D eigenvalue weighted by molar-refractivity contribution is 7.15. The van der Waals surface area contributed by atoms with Gasteiger partial charge >= 0.3 is 5.97 Å². The third kappa shape index (κ3) is 2.68. The molecule has 2 heterocycles. The first kappa shape index (κ1) is 13.0. The number of rotatable bonds is 4. The number of anilines is 1. The summed E-state index contributed by atoms with van der Waals surface area (Å²) in [5.74, 6) is -0.991. The van der Waals surface area contributed by atoms with Crippen molar-refractivity contribution in [2.45, 2.75) is 26.8 Å². The van der Waals surface area contributed by atoms with E-state index in [2.05, 4.69) is 15.3 Å². The van der Waals surface area contributed by atoms with Crippen LogP contribution in [-0.4, -0.2) is 21.0 Å². The van der Waals surface area contributed by atoms with E-state index in [1.807, 2.05) is 20.0 Å². The molecule has 7 heteroatoms. The van der Waals surface area contributed by atoms with Crippen LogP contribution in [0.3, 0.4) is 0 Å². The molecular formula is C11H13N3O2S2. The van der Waals surface area contributed by atoms with E-state index in [1.165, 1.54) is 11.3 Å². The predicted molar refractivity (Wildman–Crippen MR) is 72.7 cm³/mol. The van der Waals surface area contributed by atoms with E-state index in [4.69, 9.17) is 5.11 Å². The Labute approximate surface area is 113 Å². The van der Waals surface area contributed by atoms with Gasteiger partial charge in [-0.25, -0.2) is 14.8 Å². The van der Waals surface area contributed by atoms with Crippen molar-refractivity contribution in [3.63, 3.8) is 0 Å². The maximum atomic E-state index is 10.9. The lowest BCUT2D eigenvalue weighted by atomic mass is 10.4. The Balaban J connectivity index is 2.14. The summed E-state index contributed by atoms with van der Waals surface area (Å²) in [7, 11) is 0. The van der Waals surface area contributed by atoms with Gasteiger partial charge in [0.2, 0.25) is 0 Å². The lowest BCUT2D eigenvalue weighted by Crippen LogP contribution is -2.06. The SMILES string of the molecule is Cc1cnc(C(C)Nc2nc(C(=O)O)c(C)s2)s1. The Morgan fingerprint density at radius 3 is 2.67 bits per heavy atom. The van der Waals surface area contributed by atoms with Crippen LogP contribution in [0, 0.1) is 13.8 Å². The summed E-state index contributed by atoms with van der Waals surface area (Å²) in [6.07, 6.45) is 1.83. The molecule has 0 amide bonds. The third-order valence-electron chi connectivity index (χ3n) is 2.35. The first-order valence-electron chi connectivity index (χ1n) is 5.37. The molecule has 96 valence electrons. The van der Waals surface area contributed by atoms with Gasteiger partial charge in [0.25, 0.3) is 0 Å². The van der Waals surface area contributed by atoms with Crippen LogP contribution >= 0.6 is 22.7 Å². The van der Waals surface area contributed by atoms with Crippen molar-refractivity contribution in [3.05, 3.63) is 26.7 Å². The lowest BCUT2D eigenvalue weighted by Gasteiger charge is -2.08. The minimum Gasteiger partial charge on any atom is -0.476 e. The fourth-order valence-electron chi connectivity index (χ4n) is 1.48. The van der Waals surface area contributed by atoms with Gasteiger partial charge in [0.1, 0.15) is 5.01 Å². The van der Waals surface area contributed by atoms with Gasteiger partial charge in [0.05, 0.1) is 6.04 Å². The average Bonchev–Trinajstić information content (AvgIpc) is 2.85. The molecule has 0 bridgehead atoms. The predicted octanol–water partition coefficient (Wildman–Crippen LogP) is 3.09. The molecule has 2 N–H and O–H groups in total. The fourth-order valence-corrected chi connectivity index (χ4v) is 3.14. The highest BCUT2D eigenvalue weighted by Gasteiger charge is 2.16. The average molecular weight is 283 g/mol. The minimum absolute atomic E-state index is 0.0240. The number of hydrogen-bond donors (Lipinski definition) is 2. The molecule has 2 aromatic heterocycles. The van der Waals surface area contributed by atoms with E-state index in [0.717, 1.165) is 9.88 Å². The molecule has 0 aliphatic heterocycles. The van der Waals surface area contributed by atoms with Crippen molar-refractivity contribution in [2.75, 3.05) is 5.32 Å². The number of carboxylic acid groups (broad SMARTS) is 1. The largest absolute Gasteiger partial charge is 0.476 e. The molecule has 0 saturated heterocycles. The van der Waals surface area contributed by atoms with E-state index >= 15 is 0 Å². The third-order valence-corrected chi connectivity index (χ3v) is 4.35. The molecular weight excluding hydrogens is 270 g/mol. The van der Waals surface area contributed by atoms with E-state index in [0.29, 0.717) is 10.0 Å². The zero-order valence-electron chi connectivity index (χ0n) is 10.2. The number of thiazole rings is 2. The van der Waals surface area contributed by atoms with Gasteiger partial charge in [-0.3, -0.25) is 0 Å². The quantitative estimate of drug-likeness (QED) is 0.902. The maximum absolute atomic E-state index is 10.9. The number of nitrogens with zero attached hydrogens (tertiary/aromatic N) is 2. The second-order valence-corrected chi connectivity index (χ2v) is 6.37. The molecule has 0 radical (unpaired) electrons. The molecule has 1 atom stereocenters. The van der Waals surface area contributed by atoms with Crippen molar-refractivity contribution < 1.29 is 9.90 Å². The first-order chi connectivity index (χ1) is 8.47. The minimum atomic E-state index is -0.991. The molecule has 2 rings (SSSR count). The van der Waals surface area contributed by atoms with Crippen LogP contribution < -0.4 is 5.32 Å². The number of hydrogen-bond acceptors (Lipinski definition) is 6. The van der Waals surface area contributed by atoms with Gasteiger partial charge in [-0.2, -0.15) is 0 Å². The van der Waals surface area contributed by atoms with E-state index < -0.39 is 5.97 Å². The molecule has 0 spiro atoms. The summed E-state index contributed by atoms with van der Waals surface area (Å²) < 4.78 is 0. The zero-order chi connectivity index (χ0) is 13.3. The second kappa shape index (κ2) is 5.03. The number of nitrogens with one attached hydrogen (secondary N) is 1. The van der Waals surface area contributed by atoms with Gasteiger partial charge in [0, 0.05) is 16.0 Å². The van der Waals surface area contributed by atoms with Gasteiger partial charge in [-0.05, 0) is 20.8 Å². The van der Waals surface area contributed by atoms with E-state index in [1.54, 1.807) is 18.3 Å². The summed E-state index contributed by atoms with van der Waals surface area (Å²) in [5, 5.41) is 13.7. The Bertz CT molecular complexity index is 577. The van der Waals surface area contributed by atoms with Gasteiger partial charge in [-0.15, -0.1) is 22.7 Å². The van der Waals surface area contributed by atoms with Crippen LogP contribution in [-0.2, 0) is 0 Å². The number of carbonyl (C=O) groups is 1. The Hall–Kier alpha value is -1.47. The molecule has 0 aliphatic carbocycles. The number of aromatic nitrogens is 2. The van der Waals surface area contributed by atoms with Crippen molar-refractivity contribution in [3.8, 4) is 0 Å². The highest BCUT2D eigenvalue weighted by Crippen LogP contribution is 2.27. The van der Waals surface area contributed by atoms with Crippen molar-refractivity contribution in [2.24, 2.45) is 0 Å². The molecule has 1 unspecified atom stereocenters. The van der Waals surface area contributed by atoms with Crippen molar-refractivity contribution in [1.82, 2.24) is 9.97 Å². The molecule has 18 heavy (non-hydrogen) atoms. The second-order valence-electron chi connectivity index (χ2n) is 3.90. The Kier molecular flexibility index (Phi) is 3.63. The molecule has 0 saturated carbocycles. The number of carboxylic acids is 1. The van der Waals surface area contributed by atoms with Crippen LogP contribution in [0.2, 0.25) is 0 Å².